The largest absolute Gasteiger partial charge is 0.316 e. The summed E-state index contributed by atoms with van der Waals surface area (Å²) in [5.41, 5.74) is 0.554. The first-order valence-corrected chi connectivity index (χ1v) is 7.63. The Hall–Kier alpha value is -0.0800. The molecule has 3 atom stereocenters. The summed E-state index contributed by atoms with van der Waals surface area (Å²) in [4.78, 5) is 2.79. The maximum atomic E-state index is 3.62. The van der Waals surface area contributed by atoms with Crippen molar-refractivity contribution >= 4 is 0 Å². The minimum atomic E-state index is 0.554. The highest BCUT2D eigenvalue weighted by Crippen LogP contribution is 2.34. The number of hydrogen-bond donors (Lipinski definition) is 1. The molecule has 0 bridgehead atoms. The molecule has 2 aliphatic heterocycles. The summed E-state index contributed by atoms with van der Waals surface area (Å²) in [5, 5.41) is 3.62. The fourth-order valence-corrected chi connectivity index (χ4v) is 3.75. The number of nitrogens with one attached hydrogen (secondary N) is 1. The molecule has 17 heavy (non-hydrogen) atoms. The van der Waals surface area contributed by atoms with Crippen molar-refractivity contribution in [1.82, 2.24) is 10.2 Å². The van der Waals surface area contributed by atoms with E-state index >= 15 is 0 Å². The summed E-state index contributed by atoms with van der Waals surface area (Å²) >= 11 is 0. The van der Waals surface area contributed by atoms with Crippen molar-refractivity contribution in [2.24, 2.45) is 5.41 Å². The van der Waals surface area contributed by atoms with Crippen molar-refractivity contribution in [3.63, 3.8) is 0 Å². The van der Waals surface area contributed by atoms with E-state index in [1.54, 1.807) is 0 Å². The van der Waals surface area contributed by atoms with E-state index in [0.717, 1.165) is 12.1 Å². The van der Waals surface area contributed by atoms with Crippen LogP contribution in [0.2, 0.25) is 0 Å². The van der Waals surface area contributed by atoms with E-state index < -0.39 is 0 Å². The summed E-state index contributed by atoms with van der Waals surface area (Å²) < 4.78 is 0. The van der Waals surface area contributed by atoms with Gasteiger partial charge in [-0.05, 0) is 57.9 Å². The standard InChI is InChI=1S/C15H30N2/c1-4-15(9-6-10-16-11-15)12-17-13(2)7-5-8-14(17)3/h13-14,16H,4-12H2,1-3H3. The van der Waals surface area contributed by atoms with Crippen molar-refractivity contribution in [2.75, 3.05) is 19.6 Å². The van der Waals surface area contributed by atoms with E-state index in [-0.39, 0.29) is 0 Å². The molecule has 0 spiro atoms. The van der Waals surface area contributed by atoms with Gasteiger partial charge in [-0.15, -0.1) is 0 Å². The third-order valence-electron chi connectivity index (χ3n) is 5.20. The lowest BCUT2D eigenvalue weighted by atomic mass is 9.77. The zero-order chi connectivity index (χ0) is 12.3. The highest BCUT2D eigenvalue weighted by atomic mass is 15.2. The molecule has 2 nitrogen and oxygen atoms in total. The summed E-state index contributed by atoms with van der Waals surface area (Å²) in [6.45, 7) is 11.0. The van der Waals surface area contributed by atoms with Crippen molar-refractivity contribution in [3.8, 4) is 0 Å². The molecular weight excluding hydrogens is 208 g/mol. The van der Waals surface area contributed by atoms with Gasteiger partial charge in [0.05, 0.1) is 0 Å². The number of piperidine rings is 2. The number of hydrogen-bond acceptors (Lipinski definition) is 2. The van der Waals surface area contributed by atoms with E-state index in [0.29, 0.717) is 5.41 Å². The molecule has 0 saturated carbocycles. The Labute approximate surface area is 107 Å². The first-order valence-electron chi connectivity index (χ1n) is 7.63. The van der Waals surface area contributed by atoms with Gasteiger partial charge in [-0.25, -0.2) is 0 Å². The second-order valence-electron chi connectivity index (χ2n) is 6.44. The minimum absolute atomic E-state index is 0.554. The van der Waals surface area contributed by atoms with Gasteiger partial charge in [-0.3, -0.25) is 4.90 Å². The van der Waals surface area contributed by atoms with Gasteiger partial charge in [0.25, 0.3) is 0 Å². The highest BCUT2D eigenvalue weighted by Gasteiger charge is 2.36. The van der Waals surface area contributed by atoms with Crippen LogP contribution in [-0.2, 0) is 0 Å². The average Bonchev–Trinajstić information content (AvgIpc) is 2.35. The molecule has 100 valence electrons. The molecule has 1 N–H and O–H groups in total. The number of nitrogens with zero attached hydrogens (tertiary/aromatic N) is 1. The van der Waals surface area contributed by atoms with Gasteiger partial charge >= 0.3 is 0 Å². The lowest BCUT2D eigenvalue weighted by molar-refractivity contribution is 0.0335. The molecule has 2 heteroatoms. The molecule has 0 amide bonds. The Kier molecular flexibility index (Phi) is 4.48. The zero-order valence-corrected chi connectivity index (χ0v) is 12.0. The molecule has 0 aromatic carbocycles. The second kappa shape index (κ2) is 5.71. The summed E-state index contributed by atoms with van der Waals surface area (Å²) in [6, 6.07) is 1.59. The zero-order valence-electron chi connectivity index (χ0n) is 12.0. The number of rotatable bonds is 3. The Balaban J connectivity index is 2.00. The predicted octanol–water partition coefficient (Wildman–Crippen LogP) is 3.03. The molecule has 2 rings (SSSR count). The van der Waals surface area contributed by atoms with Crippen molar-refractivity contribution < 1.29 is 0 Å². The van der Waals surface area contributed by atoms with Gasteiger partial charge in [0, 0.05) is 25.2 Å². The molecule has 2 heterocycles. The van der Waals surface area contributed by atoms with Gasteiger partial charge in [-0.1, -0.05) is 13.3 Å². The predicted molar refractivity (Wildman–Crippen MR) is 74.3 cm³/mol. The quantitative estimate of drug-likeness (QED) is 0.813. The topological polar surface area (TPSA) is 15.3 Å². The molecule has 2 fully saturated rings. The third kappa shape index (κ3) is 3.03. The maximum Gasteiger partial charge on any atom is 0.00700 e. The van der Waals surface area contributed by atoms with Crippen LogP contribution >= 0.6 is 0 Å². The SMILES string of the molecule is CCC1(CN2C(C)CCCC2C)CCCNC1. The maximum absolute atomic E-state index is 3.62. The first kappa shape index (κ1) is 13.4. The van der Waals surface area contributed by atoms with Crippen LogP contribution in [0.1, 0.15) is 59.3 Å². The van der Waals surface area contributed by atoms with Crippen LogP contribution in [0.5, 0.6) is 0 Å². The second-order valence-corrected chi connectivity index (χ2v) is 6.44. The van der Waals surface area contributed by atoms with Crippen LogP contribution in [0.25, 0.3) is 0 Å². The van der Waals surface area contributed by atoms with Crippen LogP contribution in [0.15, 0.2) is 0 Å². The lowest BCUT2D eigenvalue weighted by Gasteiger charge is -2.47. The molecule has 0 radical (unpaired) electrons. The van der Waals surface area contributed by atoms with Crippen molar-refractivity contribution in [2.45, 2.75) is 71.4 Å². The fraction of sp³-hybridized carbons (Fsp3) is 1.00. The van der Waals surface area contributed by atoms with Crippen molar-refractivity contribution in [3.05, 3.63) is 0 Å². The van der Waals surface area contributed by atoms with Crippen LogP contribution in [0.4, 0.5) is 0 Å². The molecule has 3 unspecified atom stereocenters. The smallest absolute Gasteiger partial charge is 0.00700 e. The molecule has 0 aromatic heterocycles. The molecule has 0 aliphatic carbocycles. The van der Waals surface area contributed by atoms with Gasteiger partial charge in [0.2, 0.25) is 0 Å². The van der Waals surface area contributed by atoms with E-state index in [1.165, 1.54) is 58.2 Å². The van der Waals surface area contributed by atoms with Gasteiger partial charge in [-0.2, -0.15) is 0 Å². The Morgan fingerprint density at radius 3 is 2.41 bits per heavy atom. The first-order chi connectivity index (χ1) is 8.17. The summed E-state index contributed by atoms with van der Waals surface area (Å²) in [5.74, 6) is 0. The Morgan fingerprint density at radius 1 is 1.18 bits per heavy atom. The summed E-state index contributed by atoms with van der Waals surface area (Å²) in [7, 11) is 0. The normalized spacial score (nSPS) is 40.4. The Bertz CT molecular complexity index is 223. The molecule has 0 aromatic rings. The van der Waals surface area contributed by atoms with Gasteiger partial charge in [0.1, 0.15) is 0 Å². The fourth-order valence-electron chi connectivity index (χ4n) is 3.75. The van der Waals surface area contributed by atoms with Crippen LogP contribution < -0.4 is 5.32 Å². The van der Waals surface area contributed by atoms with Crippen molar-refractivity contribution in [1.29, 1.82) is 0 Å². The van der Waals surface area contributed by atoms with E-state index in [1.807, 2.05) is 0 Å². The third-order valence-corrected chi connectivity index (χ3v) is 5.20. The molecule has 2 saturated heterocycles. The van der Waals surface area contributed by atoms with E-state index in [2.05, 4.69) is 31.0 Å². The molecule has 2 aliphatic rings. The van der Waals surface area contributed by atoms with Crippen LogP contribution in [-0.4, -0.2) is 36.6 Å². The Morgan fingerprint density at radius 2 is 1.88 bits per heavy atom. The lowest BCUT2D eigenvalue weighted by Crippen LogP contribution is -2.53. The number of likely N-dealkylation sites (tertiary alicyclic amines) is 1. The van der Waals surface area contributed by atoms with E-state index in [9.17, 15) is 0 Å². The average molecular weight is 238 g/mol. The van der Waals surface area contributed by atoms with E-state index in [4.69, 9.17) is 0 Å². The van der Waals surface area contributed by atoms with Crippen LogP contribution in [0.3, 0.4) is 0 Å². The van der Waals surface area contributed by atoms with Gasteiger partial charge < -0.3 is 5.32 Å². The monoisotopic (exact) mass is 238 g/mol. The molecular formula is C15H30N2. The summed E-state index contributed by atoms with van der Waals surface area (Å²) in [6.07, 6.45) is 8.35. The highest BCUT2D eigenvalue weighted by molar-refractivity contribution is 4.91. The van der Waals surface area contributed by atoms with Gasteiger partial charge in [0.15, 0.2) is 0 Å². The van der Waals surface area contributed by atoms with Crippen LogP contribution in [0, 0.1) is 5.41 Å². The minimum Gasteiger partial charge on any atom is -0.316 e.